The van der Waals surface area contributed by atoms with Crippen LogP contribution in [0.4, 0.5) is 11.4 Å². The highest BCUT2D eigenvalue weighted by Crippen LogP contribution is 2.46. The Labute approximate surface area is 151 Å². The molecule has 25 heavy (non-hydrogen) atoms. The maximum absolute atomic E-state index is 12.5. The summed E-state index contributed by atoms with van der Waals surface area (Å²) in [6, 6.07) is 12.3. The second-order valence-corrected chi connectivity index (χ2v) is 7.45. The molecule has 2 aromatic carbocycles. The molecule has 4 rings (SSSR count). The molecule has 0 bridgehead atoms. The number of fused-ring (bicyclic) bond motifs is 2. The van der Waals surface area contributed by atoms with E-state index in [2.05, 4.69) is 10.6 Å². The summed E-state index contributed by atoms with van der Waals surface area (Å²) in [6.45, 7) is 0. The van der Waals surface area contributed by atoms with Crippen LogP contribution in [0.3, 0.4) is 0 Å². The normalized spacial score (nSPS) is 18.7. The molecule has 0 radical (unpaired) electrons. The first-order valence-corrected chi connectivity index (χ1v) is 8.92. The summed E-state index contributed by atoms with van der Waals surface area (Å²) in [5.41, 5.74) is 6.82. The molecule has 0 aliphatic carbocycles. The summed E-state index contributed by atoms with van der Waals surface area (Å²) >= 11 is 2.47. The van der Waals surface area contributed by atoms with E-state index >= 15 is 0 Å². The summed E-state index contributed by atoms with van der Waals surface area (Å²) in [4.78, 5) is 38.5. The molecule has 2 aliphatic rings. The average molecular weight is 369 g/mol. The van der Waals surface area contributed by atoms with Gasteiger partial charge in [0, 0.05) is 15.4 Å². The molecule has 0 atom stereocenters. The van der Waals surface area contributed by atoms with E-state index in [0.717, 1.165) is 15.5 Å². The second-order valence-electron chi connectivity index (χ2n) is 5.34. The van der Waals surface area contributed by atoms with Crippen LogP contribution in [-0.4, -0.2) is 17.7 Å². The summed E-state index contributed by atoms with van der Waals surface area (Å²) in [5, 5.41) is 5.53. The minimum Gasteiger partial charge on any atom is -0.366 e. The first kappa shape index (κ1) is 15.8. The van der Waals surface area contributed by atoms with Gasteiger partial charge >= 0.3 is 0 Å². The Morgan fingerprint density at radius 3 is 2.12 bits per heavy atom. The molecule has 0 saturated heterocycles. The molecule has 0 fully saturated rings. The van der Waals surface area contributed by atoms with Crippen molar-refractivity contribution in [3.05, 3.63) is 57.8 Å². The Balaban J connectivity index is 1.74. The lowest BCUT2D eigenvalue weighted by Gasteiger charge is -2.24. The van der Waals surface area contributed by atoms with E-state index in [1.165, 1.54) is 29.6 Å². The van der Waals surface area contributed by atoms with Crippen molar-refractivity contribution in [2.45, 2.75) is 9.79 Å². The van der Waals surface area contributed by atoms with Gasteiger partial charge in [0.2, 0.25) is 5.91 Å². The third-order valence-electron chi connectivity index (χ3n) is 3.69. The number of benzene rings is 2. The van der Waals surface area contributed by atoms with Gasteiger partial charge in [-0.3, -0.25) is 14.4 Å². The van der Waals surface area contributed by atoms with Crippen LogP contribution >= 0.6 is 23.5 Å². The largest absolute Gasteiger partial charge is 0.366 e. The van der Waals surface area contributed by atoms with Gasteiger partial charge in [0.1, 0.15) is 0 Å². The molecule has 2 aromatic rings. The molecule has 0 aromatic heterocycles. The van der Waals surface area contributed by atoms with Crippen molar-refractivity contribution in [2.24, 2.45) is 5.73 Å². The number of nitrogens with one attached hydrogen (secondary N) is 2. The zero-order chi connectivity index (χ0) is 17.6. The summed E-state index contributed by atoms with van der Waals surface area (Å²) in [6.07, 6.45) is 0. The van der Waals surface area contributed by atoms with Crippen LogP contribution in [0.15, 0.2) is 62.1 Å². The molecule has 4 N–H and O–H groups in total. The maximum atomic E-state index is 12.5. The number of hydrogen-bond donors (Lipinski definition) is 3. The van der Waals surface area contributed by atoms with Gasteiger partial charge in [-0.05, 0) is 30.3 Å². The first-order chi connectivity index (χ1) is 12.0. The number of anilines is 2. The fourth-order valence-corrected chi connectivity index (χ4v) is 4.58. The number of para-hydroxylation sites is 1. The highest BCUT2D eigenvalue weighted by atomic mass is 32.2. The van der Waals surface area contributed by atoms with Gasteiger partial charge in [-0.25, -0.2) is 0 Å². The van der Waals surface area contributed by atoms with Crippen molar-refractivity contribution >= 4 is 52.6 Å². The van der Waals surface area contributed by atoms with Gasteiger partial charge < -0.3 is 16.4 Å². The predicted molar refractivity (Wildman–Crippen MR) is 97.4 cm³/mol. The standard InChI is InChI=1S/C17H11N3O3S2/c18-15(21)8-5-6-12-10(7-8)20-17(23)14(25-12)13-16(22)19-9-3-1-2-4-11(9)24-13/h1-7H,(H2,18,21)(H,19,22)(H,20,23). The first-order valence-electron chi connectivity index (χ1n) is 7.28. The zero-order valence-corrected chi connectivity index (χ0v) is 14.3. The maximum Gasteiger partial charge on any atom is 0.263 e. The van der Waals surface area contributed by atoms with E-state index in [-0.39, 0.29) is 11.8 Å². The van der Waals surface area contributed by atoms with E-state index in [4.69, 9.17) is 5.73 Å². The van der Waals surface area contributed by atoms with Crippen LogP contribution in [0.2, 0.25) is 0 Å². The third-order valence-corrected chi connectivity index (χ3v) is 6.16. The van der Waals surface area contributed by atoms with Gasteiger partial charge in [-0.2, -0.15) is 0 Å². The molecule has 0 spiro atoms. The molecule has 6 nitrogen and oxygen atoms in total. The van der Waals surface area contributed by atoms with Crippen LogP contribution in [0.5, 0.6) is 0 Å². The van der Waals surface area contributed by atoms with Gasteiger partial charge in [0.25, 0.3) is 11.8 Å². The second kappa shape index (κ2) is 5.98. The number of nitrogens with two attached hydrogens (primary N) is 1. The Morgan fingerprint density at radius 2 is 1.44 bits per heavy atom. The lowest BCUT2D eigenvalue weighted by atomic mass is 10.2. The van der Waals surface area contributed by atoms with Crippen LogP contribution in [-0.2, 0) is 9.59 Å². The van der Waals surface area contributed by atoms with Crippen LogP contribution < -0.4 is 16.4 Å². The summed E-state index contributed by atoms with van der Waals surface area (Å²) in [5.74, 6) is -1.25. The molecule has 0 unspecified atom stereocenters. The molecular formula is C17H11N3O3S2. The molecular weight excluding hydrogens is 358 g/mol. The van der Waals surface area contributed by atoms with Gasteiger partial charge in [0.05, 0.1) is 21.2 Å². The SMILES string of the molecule is NC(=O)c1ccc2c(c1)NC(=O)C(=C1Sc3ccccc3NC1=O)S2. The van der Waals surface area contributed by atoms with E-state index < -0.39 is 5.91 Å². The van der Waals surface area contributed by atoms with E-state index in [9.17, 15) is 14.4 Å². The zero-order valence-electron chi connectivity index (χ0n) is 12.7. The van der Waals surface area contributed by atoms with Crippen molar-refractivity contribution < 1.29 is 14.4 Å². The third kappa shape index (κ3) is 2.79. The monoisotopic (exact) mass is 369 g/mol. The summed E-state index contributed by atoms with van der Waals surface area (Å²) in [7, 11) is 0. The molecule has 2 aliphatic heterocycles. The number of thioether (sulfide) groups is 2. The lowest BCUT2D eigenvalue weighted by Crippen LogP contribution is -2.25. The highest BCUT2D eigenvalue weighted by Gasteiger charge is 2.31. The summed E-state index contributed by atoms with van der Waals surface area (Å²) < 4.78 is 0. The van der Waals surface area contributed by atoms with E-state index in [0.29, 0.717) is 21.1 Å². The number of hydrogen-bond acceptors (Lipinski definition) is 5. The Hall–Kier alpha value is -2.71. The van der Waals surface area contributed by atoms with Crippen molar-refractivity contribution in [3.8, 4) is 0 Å². The van der Waals surface area contributed by atoms with Crippen LogP contribution in [0.1, 0.15) is 10.4 Å². The van der Waals surface area contributed by atoms with Crippen molar-refractivity contribution in [3.63, 3.8) is 0 Å². The molecule has 0 saturated carbocycles. The number of carbonyl (C=O) groups is 3. The minimum atomic E-state index is -0.565. The number of primary amides is 1. The fourth-order valence-electron chi connectivity index (χ4n) is 2.50. The van der Waals surface area contributed by atoms with Gasteiger partial charge in [-0.15, -0.1) is 0 Å². The van der Waals surface area contributed by atoms with Gasteiger partial charge in [0.15, 0.2) is 0 Å². The predicted octanol–water partition coefficient (Wildman–Crippen LogP) is 2.79. The van der Waals surface area contributed by atoms with Crippen molar-refractivity contribution in [2.75, 3.05) is 10.6 Å². The molecule has 124 valence electrons. The topological polar surface area (TPSA) is 101 Å². The Bertz CT molecular complexity index is 985. The lowest BCUT2D eigenvalue weighted by molar-refractivity contribution is -0.114. The number of rotatable bonds is 1. The van der Waals surface area contributed by atoms with Crippen LogP contribution in [0.25, 0.3) is 0 Å². The minimum absolute atomic E-state index is 0.307. The fraction of sp³-hybridized carbons (Fsp3) is 0. The Kier molecular flexibility index (Phi) is 3.78. The molecule has 3 amide bonds. The number of carbonyl (C=O) groups excluding carboxylic acids is 3. The Morgan fingerprint density at radius 1 is 0.840 bits per heavy atom. The van der Waals surface area contributed by atoms with E-state index in [1.807, 2.05) is 24.3 Å². The van der Waals surface area contributed by atoms with Crippen molar-refractivity contribution in [1.82, 2.24) is 0 Å². The molecule has 2 heterocycles. The van der Waals surface area contributed by atoms with Crippen LogP contribution in [0, 0.1) is 0 Å². The average Bonchev–Trinajstić information content (AvgIpc) is 2.60. The quantitative estimate of drug-likeness (QED) is 0.671. The molecule has 8 heteroatoms. The number of amides is 3. The van der Waals surface area contributed by atoms with Gasteiger partial charge in [-0.1, -0.05) is 35.7 Å². The van der Waals surface area contributed by atoms with Crippen molar-refractivity contribution in [1.29, 1.82) is 0 Å². The smallest absolute Gasteiger partial charge is 0.263 e. The van der Waals surface area contributed by atoms with E-state index in [1.54, 1.807) is 12.1 Å². The highest BCUT2D eigenvalue weighted by molar-refractivity contribution is 8.08.